The first-order valence-electron chi connectivity index (χ1n) is 11.2. The Labute approximate surface area is 175 Å². The van der Waals surface area contributed by atoms with Crippen LogP contribution in [0.4, 0.5) is 17.6 Å². The van der Waals surface area contributed by atoms with Crippen molar-refractivity contribution in [3.8, 4) is 11.1 Å². The lowest BCUT2D eigenvalue weighted by Crippen LogP contribution is -2.29. The van der Waals surface area contributed by atoms with Crippen molar-refractivity contribution in [2.24, 2.45) is 0 Å². The number of halogens is 4. The van der Waals surface area contributed by atoms with Crippen LogP contribution in [-0.2, 0) is 5.41 Å². The SMILES string of the molecule is CCCC1(c2c(-c3cc(F)ccc3F)ccnc2C2CCC(F)(F)CC2)CCCC1. The zero-order chi connectivity index (χ0) is 21.4. The molecule has 2 aliphatic rings. The fourth-order valence-corrected chi connectivity index (χ4v) is 5.74. The van der Waals surface area contributed by atoms with Crippen molar-refractivity contribution in [3.05, 3.63) is 53.4 Å². The van der Waals surface area contributed by atoms with Crippen molar-refractivity contribution in [1.82, 2.24) is 4.98 Å². The van der Waals surface area contributed by atoms with Crippen molar-refractivity contribution in [3.63, 3.8) is 0 Å². The van der Waals surface area contributed by atoms with Crippen LogP contribution in [0.15, 0.2) is 30.5 Å². The summed E-state index contributed by atoms with van der Waals surface area (Å²) in [6.07, 6.45) is 8.16. The van der Waals surface area contributed by atoms with Gasteiger partial charge in [0.2, 0.25) is 5.92 Å². The minimum absolute atomic E-state index is 0.0643. The average Bonchev–Trinajstić information content (AvgIpc) is 3.19. The van der Waals surface area contributed by atoms with Crippen molar-refractivity contribution >= 4 is 0 Å². The molecule has 2 fully saturated rings. The lowest BCUT2D eigenvalue weighted by atomic mass is 9.69. The van der Waals surface area contributed by atoms with Crippen LogP contribution in [0.5, 0.6) is 0 Å². The molecule has 0 radical (unpaired) electrons. The molecule has 2 saturated carbocycles. The van der Waals surface area contributed by atoms with Gasteiger partial charge in [-0.25, -0.2) is 17.6 Å². The molecule has 0 N–H and O–H groups in total. The van der Waals surface area contributed by atoms with E-state index in [0.717, 1.165) is 61.9 Å². The summed E-state index contributed by atoms with van der Waals surface area (Å²) < 4.78 is 56.5. The molecule has 0 unspecified atom stereocenters. The number of aromatic nitrogens is 1. The van der Waals surface area contributed by atoms with Gasteiger partial charge in [-0.2, -0.15) is 0 Å². The van der Waals surface area contributed by atoms with Gasteiger partial charge in [0, 0.05) is 36.2 Å². The summed E-state index contributed by atoms with van der Waals surface area (Å²) in [5, 5.41) is 0. The molecule has 1 aromatic heterocycles. The normalized spacial score (nSPS) is 21.1. The van der Waals surface area contributed by atoms with Crippen LogP contribution < -0.4 is 0 Å². The second kappa shape index (κ2) is 8.32. The van der Waals surface area contributed by atoms with Crippen molar-refractivity contribution < 1.29 is 17.6 Å². The Morgan fingerprint density at radius 1 is 0.967 bits per heavy atom. The molecular weight excluding hydrogens is 390 g/mol. The molecule has 0 atom stereocenters. The highest BCUT2D eigenvalue weighted by Gasteiger charge is 2.42. The predicted molar refractivity (Wildman–Crippen MR) is 111 cm³/mol. The van der Waals surface area contributed by atoms with Gasteiger partial charge < -0.3 is 0 Å². The highest BCUT2D eigenvalue weighted by Crippen LogP contribution is 2.52. The Bertz CT molecular complexity index is 892. The van der Waals surface area contributed by atoms with Crippen LogP contribution in [-0.4, -0.2) is 10.9 Å². The average molecular weight is 420 g/mol. The number of hydrogen-bond donors (Lipinski definition) is 0. The standard InChI is InChI=1S/C25H29F4N/c1-2-10-24(11-3-4-12-24)22-19(20-16-18(26)5-6-21(20)27)9-15-30-23(22)17-7-13-25(28,29)14-8-17/h5-6,9,15-17H,2-4,7-8,10-14H2,1H3. The third kappa shape index (κ3) is 4.00. The predicted octanol–water partition coefficient (Wildman–Crippen LogP) is 7.93. The molecule has 0 aliphatic heterocycles. The smallest absolute Gasteiger partial charge is 0.248 e. The summed E-state index contributed by atoms with van der Waals surface area (Å²) in [5.41, 5.74) is 2.61. The van der Waals surface area contributed by atoms with Gasteiger partial charge in [-0.05, 0) is 72.9 Å². The van der Waals surface area contributed by atoms with Gasteiger partial charge in [-0.15, -0.1) is 0 Å². The summed E-state index contributed by atoms with van der Waals surface area (Å²) in [7, 11) is 0. The van der Waals surface area contributed by atoms with Gasteiger partial charge in [-0.3, -0.25) is 4.98 Å². The van der Waals surface area contributed by atoms with E-state index < -0.39 is 17.6 Å². The van der Waals surface area contributed by atoms with Crippen LogP contribution in [0.25, 0.3) is 11.1 Å². The van der Waals surface area contributed by atoms with Gasteiger partial charge in [0.05, 0.1) is 0 Å². The quantitative estimate of drug-likeness (QED) is 0.448. The topological polar surface area (TPSA) is 12.9 Å². The Morgan fingerprint density at radius 3 is 2.33 bits per heavy atom. The Hall–Kier alpha value is -1.91. The minimum Gasteiger partial charge on any atom is -0.261 e. The summed E-state index contributed by atoms with van der Waals surface area (Å²) in [4.78, 5) is 4.70. The summed E-state index contributed by atoms with van der Waals surface area (Å²) in [5.74, 6) is -3.62. The first kappa shape index (κ1) is 21.3. The summed E-state index contributed by atoms with van der Waals surface area (Å²) in [6, 6.07) is 5.32. The molecule has 5 heteroatoms. The lowest BCUT2D eigenvalue weighted by Gasteiger charge is -2.37. The molecule has 0 amide bonds. The largest absolute Gasteiger partial charge is 0.261 e. The van der Waals surface area contributed by atoms with Gasteiger partial charge in [-0.1, -0.05) is 26.2 Å². The molecule has 1 nitrogen and oxygen atoms in total. The van der Waals surface area contributed by atoms with Gasteiger partial charge in [0.1, 0.15) is 11.6 Å². The van der Waals surface area contributed by atoms with E-state index in [1.807, 2.05) is 0 Å². The fourth-order valence-electron chi connectivity index (χ4n) is 5.74. The van der Waals surface area contributed by atoms with E-state index in [-0.39, 0.29) is 29.7 Å². The first-order valence-corrected chi connectivity index (χ1v) is 11.2. The van der Waals surface area contributed by atoms with E-state index in [1.165, 1.54) is 6.07 Å². The molecule has 30 heavy (non-hydrogen) atoms. The highest BCUT2D eigenvalue weighted by molar-refractivity contribution is 5.71. The van der Waals surface area contributed by atoms with E-state index >= 15 is 0 Å². The highest BCUT2D eigenvalue weighted by atomic mass is 19.3. The lowest BCUT2D eigenvalue weighted by molar-refractivity contribution is -0.0386. The monoisotopic (exact) mass is 419 g/mol. The van der Waals surface area contributed by atoms with Gasteiger partial charge in [0.25, 0.3) is 0 Å². The number of pyridine rings is 1. The van der Waals surface area contributed by atoms with Gasteiger partial charge >= 0.3 is 0 Å². The molecule has 1 heterocycles. The third-order valence-corrected chi connectivity index (χ3v) is 7.12. The maximum atomic E-state index is 14.8. The van der Waals surface area contributed by atoms with Crippen LogP contribution in [0.2, 0.25) is 0 Å². The molecule has 2 aromatic rings. The molecule has 2 aliphatic carbocycles. The summed E-state index contributed by atoms with van der Waals surface area (Å²) in [6.45, 7) is 2.14. The number of nitrogens with zero attached hydrogens (tertiary/aromatic N) is 1. The molecule has 4 rings (SSSR count). The van der Waals surface area contributed by atoms with Crippen LogP contribution in [0, 0.1) is 11.6 Å². The maximum Gasteiger partial charge on any atom is 0.248 e. The zero-order valence-electron chi connectivity index (χ0n) is 17.5. The zero-order valence-corrected chi connectivity index (χ0v) is 17.5. The van der Waals surface area contributed by atoms with E-state index in [9.17, 15) is 17.6 Å². The minimum atomic E-state index is -2.61. The van der Waals surface area contributed by atoms with Crippen molar-refractivity contribution in [1.29, 1.82) is 0 Å². The molecule has 0 spiro atoms. The fraction of sp³-hybridized carbons (Fsp3) is 0.560. The van der Waals surface area contributed by atoms with E-state index in [1.54, 1.807) is 12.3 Å². The molecule has 0 saturated heterocycles. The molecule has 1 aromatic carbocycles. The first-order chi connectivity index (χ1) is 14.4. The van der Waals surface area contributed by atoms with Crippen LogP contribution in [0.1, 0.15) is 88.3 Å². The van der Waals surface area contributed by atoms with E-state index in [0.29, 0.717) is 18.4 Å². The summed E-state index contributed by atoms with van der Waals surface area (Å²) >= 11 is 0. The van der Waals surface area contributed by atoms with E-state index in [4.69, 9.17) is 4.98 Å². The number of hydrogen-bond acceptors (Lipinski definition) is 1. The molecular formula is C25H29F4N. The second-order valence-electron chi connectivity index (χ2n) is 9.11. The molecule has 162 valence electrons. The van der Waals surface area contributed by atoms with E-state index in [2.05, 4.69) is 6.92 Å². The Kier molecular flexibility index (Phi) is 5.91. The van der Waals surface area contributed by atoms with Crippen molar-refractivity contribution in [2.75, 3.05) is 0 Å². The number of rotatable bonds is 5. The second-order valence-corrected chi connectivity index (χ2v) is 9.11. The van der Waals surface area contributed by atoms with Gasteiger partial charge in [0.15, 0.2) is 0 Å². The number of alkyl halides is 2. The third-order valence-electron chi connectivity index (χ3n) is 7.12. The van der Waals surface area contributed by atoms with Crippen LogP contribution in [0.3, 0.4) is 0 Å². The Balaban J connectivity index is 1.90. The molecule has 0 bridgehead atoms. The number of benzene rings is 1. The maximum absolute atomic E-state index is 14.8. The van der Waals surface area contributed by atoms with Crippen LogP contribution >= 0.6 is 0 Å². The van der Waals surface area contributed by atoms with Crippen molar-refractivity contribution in [2.45, 2.75) is 88.4 Å². The Morgan fingerprint density at radius 2 is 1.67 bits per heavy atom.